The molecule has 1 aliphatic carbocycles. The van der Waals surface area contributed by atoms with E-state index in [2.05, 4.69) is 11.4 Å². The molecule has 1 atom stereocenters. The first-order chi connectivity index (χ1) is 10.1. The van der Waals surface area contributed by atoms with E-state index in [0.717, 1.165) is 24.2 Å². The van der Waals surface area contributed by atoms with Crippen LogP contribution in [-0.4, -0.2) is 5.76 Å². The van der Waals surface area contributed by atoms with E-state index in [1.54, 1.807) is 12.1 Å². The normalized spacial score (nSPS) is 17.0. The molecule has 0 aliphatic heterocycles. The summed E-state index contributed by atoms with van der Waals surface area (Å²) in [5, 5.41) is 3.46. The quantitative estimate of drug-likeness (QED) is 0.636. The molecule has 110 valence electrons. The average molecular weight is 306 g/mol. The van der Waals surface area contributed by atoms with Gasteiger partial charge in [0.15, 0.2) is 0 Å². The summed E-state index contributed by atoms with van der Waals surface area (Å²) in [7, 11) is 0. The monoisotopic (exact) mass is 306 g/mol. The number of nitrogens with two attached hydrogens (primary N) is 1. The molecule has 0 amide bonds. The van der Waals surface area contributed by atoms with Gasteiger partial charge in [0.25, 0.3) is 5.76 Å². The van der Waals surface area contributed by atoms with Gasteiger partial charge in [-0.05, 0) is 60.4 Å². The first kappa shape index (κ1) is 14.2. The van der Waals surface area contributed by atoms with Gasteiger partial charge < -0.3 is 11.1 Å². The van der Waals surface area contributed by atoms with Gasteiger partial charge in [0.1, 0.15) is 0 Å². The van der Waals surface area contributed by atoms with Crippen LogP contribution in [0.4, 0.5) is 20.2 Å². The molecular weight excluding hydrogens is 290 g/mol. The molecule has 21 heavy (non-hydrogen) atoms. The average Bonchev–Trinajstić information content (AvgIpc) is 2.83. The van der Waals surface area contributed by atoms with Crippen molar-refractivity contribution >= 4 is 23.1 Å². The van der Waals surface area contributed by atoms with E-state index < -0.39 is 5.76 Å². The number of hydrogen-bond acceptors (Lipinski definition) is 3. The van der Waals surface area contributed by atoms with E-state index in [1.165, 1.54) is 11.1 Å². The highest BCUT2D eigenvalue weighted by Crippen LogP contribution is 2.35. The maximum atomic E-state index is 12.3. The Morgan fingerprint density at radius 1 is 1.14 bits per heavy atom. The lowest BCUT2D eigenvalue weighted by molar-refractivity contribution is 0.252. The van der Waals surface area contributed by atoms with Crippen LogP contribution in [-0.2, 0) is 6.42 Å². The molecule has 3 rings (SSSR count). The summed E-state index contributed by atoms with van der Waals surface area (Å²) in [5.74, 6) is -2.38. The first-order valence-electron chi connectivity index (χ1n) is 6.81. The largest absolute Gasteiger partial charge is 0.399 e. The Morgan fingerprint density at radius 2 is 1.90 bits per heavy atom. The van der Waals surface area contributed by atoms with Crippen LogP contribution in [0.15, 0.2) is 47.4 Å². The SMILES string of the molecule is Nc1ccc2c(c1)CCC2Nc1ccc(SC(F)F)cc1. The van der Waals surface area contributed by atoms with Crippen LogP contribution in [0, 0.1) is 0 Å². The van der Waals surface area contributed by atoms with Crippen LogP contribution in [0.25, 0.3) is 0 Å². The second kappa shape index (κ2) is 5.93. The van der Waals surface area contributed by atoms with E-state index >= 15 is 0 Å². The smallest absolute Gasteiger partial charge is 0.288 e. The number of halogens is 2. The molecule has 0 saturated heterocycles. The number of rotatable bonds is 4. The van der Waals surface area contributed by atoms with Gasteiger partial charge in [0.05, 0.1) is 6.04 Å². The lowest BCUT2D eigenvalue weighted by Crippen LogP contribution is -2.07. The molecule has 0 radical (unpaired) electrons. The zero-order chi connectivity index (χ0) is 14.8. The van der Waals surface area contributed by atoms with Crippen LogP contribution in [0.2, 0.25) is 0 Å². The van der Waals surface area contributed by atoms with Crippen molar-refractivity contribution in [1.82, 2.24) is 0 Å². The van der Waals surface area contributed by atoms with Gasteiger partial charge >= 0.3 is 0 Å². The third-order valence-corrected chi connectivity index (χ3v) is 4.39. The molecule has 1 unspecified atom stereocenters. The number of anilines is 2. The Labute approximate surface area is 126 Å². The number of aryl methyl sites for hydroxylation is 1. The van der Waals surface area contributed by atoms with Crippen molar-refractivity contribution in [2.45, 2.75) is 29.5 Å². The molecule has 0 aromatic heterocycles. The fourth-order valence-corrected chi connectivity index (χ4v) is 3.22. The lowest BCUT2D eigenvalue weighted by Gasteiger charge is -2.16. The Kier molecular flexibility index (Phi) is 4.01. The Balaban J connectivity index is 1.71. The van der Waals surface area contributed by atoms with Crippen molar-refractivity contribution in [3.63, 3.8) is 0 Å². The number of benzene rings is 2. The standard InChI is InChI=1S/C16H16F2N2S/c17-16(18)21-13-5-3-12(4-6-13)20-15-8-1-10-9-11(19)2-7-14(10)15/h2-7,9,15-16,20H,1,8,19H2. The number of hydrogen-bond donors (Lipinski definition) is 2. The Hall–Kier alpha value is -1.75. The molecule has 0 fully saturated rings. The maximum absolute atomic E-state index is 12.3. The highest BCUT2D eigenvalue weighted by molar-refractivity contribution is 7.99. The topological polar surface area (TPSA) is 38.0 Å². The molecule has 3 N–H and O–H groups in total. The predicted molar refractivity (Wildman–Crippen MR) is 83.8 cm³/mol. The molecule has 2 aromatic carbocycles. The zero-order valence-corrected chi connectivity index (χ0v) is 12.2. The van der Waals surface area contributed by atoms with E-state index in [1.807, 2.05) is 24.3 Å². The van der Waals surface area contributed by atoms with Gasteiger partial charge in [0, 0.05) is 16.3 Å². The van der Waals surface area contributed by atoms with Crippen LogP contribution in [0.1, 0.15) is 23.6 Å². The fraction of sp³-hybridized carbons (Fsp3) is 0.250. The minimum absolute atomic E-state index is 0.259. The Morgan fingerprint density at radius 3 is 2.62 bits per heavy atom. The third-order valence-electron chi connectivity index (χ3n) is 3.67. The molecule has 1 aliphatic rings. The van der Waals surface area contributed by atoms with Gasteiger partial charge in [-0.3, -0.25) is 0 Å². The summed E-state index contributed by atoms with van der Waals surface area (Å²) >= 11 is 0.565. The molecular formula is C16H16F2N2S. The zero-order valence-electron chi connectivity index (χ0n) is 11.4. The first-order valence-corrected chi connectivity index (χ1v) is 7.69. The summed E-state index contributed by atoms with van der Waals surface area (Å²) in [6.07, 6.45) is 2.03. The molecule has 2 nitrogen and oxygen atoms in total. The maximum Gasteiger partial charge on any atom is 0.288 e. The van der Waals surface area contributed by atoms with Crippen LogP contribution in [0.5, 0.6) is 0 Å². The van der Waals surface area contributed by atoms with Gasteiger partial charge in [-0.1, -0.05) is 17.8 Å². The number of nitrogens with one attached hydrogen (secondary N) is 1. The molecule has 5 heteroatoms. The van der Waals surface area contributed by atoms with Crippen LogP contribution < -0.4 is 11.1 Å². The molecule has 0 spiro atoms. The summed E-state index contributed by atoms with van der Waals surface area (Å²) in [5.41, 5.74) is 10.1. The molecule has 0 saturated carbocycles. The van der Waals surface area contributed by atoms with Gasteiger partial charge in [-0.25, -0.2) is 0 Å². The van der Waals surface area contributed by atoms with Crippen molar-refractivity contribution in [3.8, 4) is 0 Å². The summed E-state index contributed by atoms with van der Waals surface area (Å²) in [6.45, 7) is 0. The summed E-state index contributed by atoms with van der Waals surface area (Å²) in [4.78, 5) is 0.579. The summed E-state index contributed by atoms with van der Waals surface area (Å²) < 4.78 is 24.6. The lowest BCUT2D eigenvalue weighted by atomic mass is 10.1. The van der Waals surface area contributed by atoms with Crippen molar-refractivity contribution in [1.29, 1.82) is 0 Å². The second-order valence-electron chi connectivity index (χ2n) is 5.10. The number of alkyl halides is 2. The van der Waals surface area contributed by atoms with Crippen LogP contribution in [0.3, 0.4) is 0 Å². The molecule has 2 aromatic rings. The number of nitrogen functional groups attached to an aromatic ring is 1. The van der Waals surface area contributed by atoms with Crippen LogP contribution >= 0.6 is 11.8 Å². The predicted octanol–water partition coefficient (Wildman–Crippen LogP) is 4.68. The molecule has 0 heterocycles. The van der Waals surface area contributed by atoms with E-state index in [9.17, 15) is 8.78 Å². The van der Waals surface area contributed by atoms with Crippen molar-refractivity contribution < 1.29 is 8.78 Å². The van der Waals surface area contributed by atoms with Crippen molar-refractivity contribution in [2.75, 3.05) is 11.1 Å². The number of thioether (sulfide) groups is 1. The molecule has 0 bridgehead atoms. The number of fused-ring (bicyclic) bond motifs is 1. The fourth-order valence-electron chi connectivity index (χ4n) is 2.72. The second-order valence-corrected chi connectivity index (χ2v) is 6.16. The van der Waals surface area contributed by atoms with Crippen molar-refractivity contribution in [3.05, 3.63) is 53.6 Å². The van der Waals surface area contributed by atoms with Gasteiger partial charge in [-0.15, -0.1) is 0 Å². The van der Waals surface area contributed by atoms with E-state index in [-0.39, 0.29) is 6.04 Å². The summed E-state index contributed by atoms with van der Waals surface area (Å²) in [6, 6.07) is 13.4. The Bertz CT molecular complexity index is 629. The van der Waals surface area contributed by atoms with E-state index in [4.69, 9.17) is 5.73 Å². The van der Waals surface area contributed by atoms with Gasteiger partial charge in [-0.2, -0.15) is 8.78 Å². The highest BCUT2D eigenvalue weighted by Gasteiger charge is 2.22. The third kappa shape index (κ3) is 3.29. The highest BCUT2D eigenvalue weighted by atomic mass is 32.2. The van der Waals surface area contributed by atoms with E-state index in [0.29, 0.717) is 16.7 Å². The minimum atomic E-state index is -2.38. The minimum Gasteiger partial charge on any atom is -0.399 e. The van der Waals surface area contributed by atoms with Crippen molar-refractivity contribution in [2.24, 2.45) is 0 Å². The van der Waals surface area contributed by atoms with Gasteiger partial charge in [0.2, 0.25) is 0 Å².